The summed E-state index contributed by atoms with van der Waals surface area (Å²) in [6, 6.07) is 17.7. The van der Waals surface area contributed by atoms with Gasteiger partial charge in [-0.2, -0.15) is 5.26 Å². The Bertz CT molecular complexity index is 1010. The molecule has 0 saturated carbocycles. The van der Waals surface area contributed by atoms with Crippen molar-refractivity contribution in [2.45, 2.75) is 32.6 Å². The number of unbranched alkanes of at least 4 members (excludes halogenated alkanes) is 3. The number of nitrogens with zero attached hydrogens (tertiary/aromatic N) is 2. The van der Waals surface area contributed by atoms with Crippen molar-refractivity contribution in [1.29, 1.82) is 5.26 Å². The number of nitrogen functional groups attached to an aromatic ring is 1. The fourth-order valence-electron chi connectivity index (χ4n) is 3.17. The standard InChI is InChI=1S/C24H24FN3O/c1-2-3-4-7-14-29-18-12-10-17(11-13-18)20-15-23(28-24(27)21(20)16-26)19-8-5-6-9-22(19)25/h5-6,8-13,15H,2-4,7,14H2,1H3,(H2,27,28). The molecule has 4 nitrogen and oxygen atoms in total. The van der Waals surface area contributed by atoms with E-state index in [1.807, 2.05) is 24.3 Å². The molecule has 148 valence electrons. The molecular formula is C24H24FN3O. The summed E-state index contributed by atoms with van der Waals surface area (Å²) in [4.78, 5) is 4.23. The summed E-state index contributed by atoms with van der Waals surface area (Å²) < 4.78 is 20.0. The lowest BCUT2D eigenvalue weighted by Gasteiger charge is -2.12. The maximum absolute atomic E-state index is 14.2. The molecule has 0 radical (unpaired) electrons. The predicted molar refractivity (Wildman–Crippen MR) is 114 cm³/mol. The molecule has 0 unspecified atom stereocenters. The number of ether oxygens (including phenoxy) is 1. The van der Waals surface area contributed by atoms with E-state index < -0.39 is 0 Å². The Kier molecular flexibility index (Phi) is 6.80. The van der Waals surface area contributed by atoms with Crippen LogP contribution in [-0.2, 0) is 0 Å². The molecule has 0 bridgehead atoms. The van der Waals surface area contributed by atoms with Crippen molar-refractivity contribution in [1.82, 2.24) is 4.98 Å². The summed E-state index contributed by atoms with van der Waals surface area (Å²) in [7, 11) is 0. The topological polar surface area (TPSA) is 71.9 Å². The molecule has 2 N–H and O–H groups in total. The summed E-state index contributed by atoms with van der Waals surface area (Å²) in [6.07, 6.45) is 4.60. The van der Waals surface area contributed by atoms with Gasteiger partial charge in [-0.25, -0.2) is 9.37 Å². The van der Waals surface area contributed by atoms with Gasteiger partial charge in [-0.05, 0) is 42.3 Å². The van der Waals surface area contributed by atoms with Crippen molar-refractivity contribution in [2.24, 2.45) is 0 Å². The first kappa shape index (κ1) is 20.3. The van der Waals surface area contributed by atoms with Gasteiger partial charge in [-0.15, -0.1) is 0 Å². The predicted octanol–water partition coefficient (Wildman–Crippen LogP) is 5.97. The van der Waals surface area contributed by atoms with Crippen LogP contribution < -0.4 is 10.5 Å². The normalized spacial score (nSPS) is 10.5. The summed E-state index contributed by atoms with van der Waals surface area (Å²) in [5, 5.41) is 9.55. The van der Waals surface area contributed by atoms with Crippen LogP contribution in [0.5, 0.6) is 5.75 Å². The molecular weight excluding hydrogens is 365 g/mol. The molecule has 1 aromatic heterocycles. The maximum Gasteiger partial charge on any atom is 0.142 e. The largest absolute Gasteiger partial charge is 0.494 e. The van der Waals surface area contributed by atoms with Gasteiger partial charge >= 0.3 is 0 Å². The van der Waals surface area contributed by atoms with E-state index in [2.05, 4.69) is 18.0 Å². The molecule has 0 amide bonds. The Labute approximate surface area is 170 Å². The fourth-order valence-corrected chi connectivity index (χ4v) is 3.17. The fraction of sp³-hybridized carbons (Fsp3) is 0.250. The number of nitriles is 1. The zero-order chi connectivity index (χ0) is 20.6. The quantitative estimate of drug-likeness (QED) is 0.482. The van der Waals surface area contributed by atoms with Gasteiger partial charge in [-0.1, -0.05) is 50.5 Å². The lowest BCUT2D eigenvalue weighted by atomic mass is 9.98. The number of pyridine rings is 1. The number of rotatable bonds is 8. The second kappa shape index (κ2) is 9.70. The second-order valence-corrected chi connectivity index (χ2v) is 6.84. The molecule has 0 aliphatic heterocycles. The molecule has 0 aliphatic carbocycles. The number of anilines is 1. The first-order valence-electron chi connectivity index (χ1n) is 9.82. The van der Waals surface area contributed by atoms with Crippen LogP contribution in [0.2, 0.25) is 0 Å². The third-order valence-electron chi connectivity index (χ3n) is 4.74. The van der Waals surface area contributed by atoms with Gasteiger partial charge in [0.2, 0.25) is 0 Å². The third-order valence-corrected chi connectivity index (χ3v) is 4.74. The van der Waals surface area contributed by atoms with Crippen molar-refractivity contribution < 1.29 is 9.13 Å². The van der Waals surface area contributed by atoms with Crippen molar-refractivity contribution in [3.63, 3.8) is 0 Å². The van der Waals surface area contributed by atoms with Crippen molar-refractivity contribution in [3.05, 3.63) is 66.0 Å². The molecule has 0 aliphatic rings. The van der Waals surface area contributed by atoms with E-state index in [9.17, 15) is 9.65 Å². The lowest BCUT2D eigenvalue weighted by Crippen LogP contribution is -2.01. The number of hydrogen-bond donors (Lipinski definition) is 1. The van der Waals surface area contributed by atoms with E-state index >= 15 is 0 Å². The van der Waals surface area contributed by atoms with Crippen LogP contribution in [0.4, 0.5) is 10.2 Å². The average Bonchev–Trinajstić information content (AvgIpc) is 2.74. The highest BCUT2D eigenvalue weighted by Crippen LogP contribution is 2.32. The Hall–Kier alpha value is -3.39. The number of hydrogen-bond acceptors (Lipinski definition) is 4. The lowest BCUT2D eigenvalue weighted by molar-refractivity contribution is 0.305. The minimum atomic E-state index is -0.387. The highest BCUT2D eigenvalue weighted by Gasteiger charge is 2.15. The molecule has 0 atom stereocenters. The average molecular weight is 389 g/mol. The molecule has 5 heteroatoms. The molecule has 1 heterocycles. The smallest absolute Gasteiger partial charge is 0.142 e. The number of aromatic nitrogens is 1. The van der Waals surface area contributed by atoms with Crippen LogP contribution in [0.3, 0.4) is 0 Å². The molecule has 0 spiro atoms. The highest BCUT2D eigenvalue weighted by atomic mass is 19.1. The molecule has 3 rings (SSSR count). The molecule has 2 aromatic carbocycles. The molecule has 0 fully saturated rings. The number of benzene rings is 2. The van der Waals surface area contributed by atoms with Crippen molar-refractivity contribution >= 4 is 5.82 Å². The van der Waals surface area contributed by atoms with E-state index in [-0.39, 0.29) is 17.2 Å². The van der Waals surface area contributed by atoms with Gasteiger partial charge < -0.3 is 10.5 Å². The first-order valence-corrected chi connectivity index (χ1v) is 9.82. The zero-order valence-corrected chi connectivity index (χ0v) is 16.5. The van der Waals surface area contributed by atoms with E-state index in [0.717, 1.165) is 24.2 Å². The van der Waals surface area contributed by atoms with E-state index in [4.69, 9.17) is 10.5 Å². The first-order chi connectivity index (χ1) is 14.1. The van der Waals surface area contributed by atoms with E-state index in [1.54, 1.807) is 24.3 Å². The van der Waals surface area contributed by atoms with Gasteiger partial charge in [-0.3, -0.25) is 0 Å². The monoisotopic (exact) mass is 389 g/mol. The summed E-state index contributed by atoms with van der Waals surface area (Å²) >= 11 is 0. The molecule has 3 aromatic rings. The van der Waals surface area contributed by atoms with Crippen molar-refractivity contribution in [3.8, 4) is 34.2 Å². The Balaban J connectivity index is 1.88. The van der Waals surface area contributed by atoms with Crippen LogP contribution in [0.15, 0.2) is 54.6 Å². The Morgan fingerprint density at radius 3 is 2.48 bits per heavy atom. The highest BCUT2D eigenvalue weighted by molar-refractivity contribution is 5.80. The SMILES string of the molecule is CCCCCCOc1ccc(-c2cc(-c3ccccc3F)nc(N)c2C#N)cc1. The minimum Gasteiger partial charge on any atom is -0.494 e. The Morgan fingerprint density at radius 1 is 1.03 bits per heavy atom. The Morgan fingerprint density at radius 2 is 1.79 bits per heavy atom. The van der Waals surface area contributed by atoms with Gasteiger partial charge in [0.15, 0.2) is 0 Å². The van der Waals surface area contributed by atoms with E-state index in [0.29, 0.717) is 23.4 Å². The zero-order valence-electron chi connectivity index (χ0n) is 16.5. The van der Waals surface area contributed by atoms with Gasteiger partial charge in [0.05, 0.1) is 12.3 Å². The summed E-state index contributed by atoms with van der Waals surface area (Å²) in [5.74, 6) is 0.474. The maximum atomic E-state index is 14.2. The van der Waals surface area contributed by atoms with Gasteiger partial charge in [0.25, 0.3) is 0 Å². The number of nitrogens with two attached hydrogens (primary N) is 1. The van der Waals surface area contributed by atoms with Crippen LogP contribution in [0.25, 0.3) is 22.4 Å². The van der Waals surface area contributed by atoms with Crippen LogP contribution >= 0.6 is 0 Å². The van der Waals surface area contributed by atoms with Crippen molar-refractivity contribution in [2.75, 3.05) is 12.3 Å². The van der Waals surface area contributed by atoms with Gasteiger partial charge in [0, 0.05) is 11.1 Å². The number of halogens is 1. The second-order valence-electron chi connectivity index (χ2n) is 6.84. The van der Waals surface area contributed by atoms with Crippen LogP contribution in [0, 0.1) is 17.1 Å². The molecule has 29 heavy (non-hydrogen) atoms. The summed E-state index contributed by atoms with van der Waals surface area (Å²) in [6.45, 7) is 2.86. The molecule has 0 saturated heterocycles. The third kappa shape index (κ3) is 4.91. The van der Waals surface area contributed by atoms with Crippen LogP contribution in [-0.4, -0.2) is 11.6 Å². The van der Waals surface area contributed by atoms with Crippen LogP contribution in [0.1, 0.15) is 38.2 Å². The minimum absolute atomic E-state index is 0.0829. The summed E-state index contributed by atoms with van der Waals surface area (Å²) in [5.41, 5.74) is 8.44. The van der Waals surface area contributed by atoms with E-state index in [1.165, 1.54) is 18.9 Å². The van der Waals surface area contributed by atoms with Gasteiger partial charge in [0.1, 0.15) is 29.0 Å².